The highest BCUT2D eigenvalue weighted by Crippen LogP contribution is 2.22. The molecule has 1 atom stereocenters. The molecular weight excluding hydrogens is 374 g/mol. The van der Waals surface area contributed by atoms with Gasteiger partial charge in [-0.1, -0.05) is 18.2 Å². The number of carbonyl (C=O) groups excluding carboxylic acids is 1. The highest BCUT2D eigenvalue weighted by Gasteiger charge is 2.20. The normalized spacial score (nSPS) is 12.2. The molecule has 0 saturated carbocycles. The van der Waals surface area contributed by atoms with Crippen LogP contribution in [0.15, 0.2) is 62.4 Å². The fraction of sp³-hybridized carbons (Fsp3) is 0.190. The number of benzene rings is 1. The smallest absolute Gasteiger partial charge is 0.349 e. The monoisotopic (exact) mass is 393 g/mol. The zero-order chi connectivity index (χ0) is 19.7. The Labute approximate surface area is 165 Å². The second-order valence-electron chi connectivity index (χ2n) is 6.64. The Morgan fingerprint density at radius 3 is 2.79 bits per heavy atom. The number of fused-ring (bicyclic) bond motifs is 1. The molecule has 0 fully saturated rings. The average Bonchev–Trinajstić information content (AvgIpc) is 3.31. The minimum Gasteiger partial charge on any atom is -0.422 e. The first-order valence-electron chi connectivity index (χ1n) is 8.89. The van der Waals surface area contributed by atoms with E-state index in [1.807, 2.05) is 47.5 Å². The molecule has 4 rings (SSSR count). The molecule has 0 spiro atoms. The van der Waals surface area contributed by atoms with Crippen molar-refractivity contribution >= 4 is 28.2 Å². The van der Waals surface area contributed by atoms with Gasteiger partial charge in [0, 0.05) is 17.6 Å². The first-order valence-corrected chi connectivity index (χ1v) is 9.83. The summed E-state index contributed by atoms with van der Waals surface area (Å²) in [5.74, 6) is -0.457. The van der Waals surface area contributed by atoms with Crippen molar-refractivity contribution in [1.82, 2.24) is 15.1 Å². The summed E-state index contributed by atoms with van der Waals surface area (Å²) in [6, 6.07) is 12.6. The highest BCUT2D eigenvalue weighted by molar-refractivity contribution is 7.08. The summed E-state index contributed by atoms with van der Waals surface area (Å²) in [4.78, 5) is 24.9. The van der Waals surface area contributed by atoms with Crippen molar-refractivity contribution in [2.45, 2.75) is 19.9 Å². The maximum Gasteiger partial charge on any atom is 0.349 e. The second kappa shape index (κ2) is 7.44. The number of nitrogens with one attached hydrogen (secondary N) is 1. The fourth-order valence-corrected chi connectivity index (χ4v) is 3.98. The lowest BCUT2D eigenvalue weighted by Gasteiger charge is -2.19. The van der Waals surface area contributed by atoms with Crippen molar-refractivity contribution in [3.63, 3.8) is 0 Å². The first-order chi connectivity index (χ1) is 13.5. The van der Waals surface area contributed by atoms with Crippen LogP contribution in [0, 0.1) is 13.8 Å². The molecule has 28 heavy (non-hydrogen) atoms. The largest absolute Gasteiger partial charge is 0.422 e. The van der Waals surface area contributed by atoms with Crippen LogP contribution in [0.1, 0.15) is 33.4 Å². The Kier molecular flexibility index (Phi) is 4.83. The van der Waals surface area contributed by atoms with Gasteiger partial charge in [0.1, 0.15) is 11.1 Å². The molecule has 7 heteroatoms. The fourth-order valence-electron chi connectivity index (χ4n) is 3.28. The minimum absolute atomic E-state index is 0.00358. The Morgan fingerprint density at radius 2 is 2.07 bits per heavy atom. The molecule has 1 aromatic carbocycles. The number of thiophene rings is 1. The molecule has 0 aliphatic heterocycles. The lowest BCUT2D eigenvalue weighted by atomic mass is 10.1. The van der Waals surface area contributed by atoms with E-state index in [1.54, 1.807) is 35.6 Å². The molecule has 0 aliphatic rings. The molecule has 6 nitrogen and oxygen atoms in total. The standard InChI is InChI=1S/C21H19N3O3S/c1-13-9-14(2)24(23-13)18(16-7-8-28-12-16)11-22-20(25)17-10-15-5-3-4-6-19(15)27-21(17)26/h3-10,12,18H,11H2,1-2H3,(H,22,25)/t18-/m0/s1. The molecule has 1 amide bonds. The molecule has 0 bridgehead atoms. The number of hydrogen-bond donors (Lipinski definition) is 1. The zero-order valence-corrected chi connectivity index (χ0v) is 16.3. The van der Waals surface area contributed by atoms with E-state index < -0.39 is 11.5 Å². The van der Waals surface area contributed by atoms with Crippen LogP contribution in [0.2, 0.25) is 0 Å². The van der Waals surface area contributed by atoms with Gasteiger partial charge >= 0.3 is 5.63 Å². The van der Waals surface area contributed by atoms with E-state index >= 15 is 0 Å². The molecule has 4 aromatic rings. The van der Waals surface area contributed by atoms with Gasteiger partial charge in [-0.2, -0.15) is 16.4 Å². The molecular formula is C21H19N3O3S. The molecule has 1 N–H and O–H groups in total. The van der Waals surface area contributed by atoms with Gasteiger partial charge in [0.15, 0.2) is 0 Å². The number of para-hydroxylation sites is 1. The SMILES string of the molecule is Cc1cc(C)n([C@@H](CNC(=O)c2cc3ccccc3oc2=O)c2ccsc2)n1. The minimum atomic E-state index is -0.644. The number of hydrogen-bond acceptors (Lipinski definition) is 5. The molecule has 142 valence electrons. The van der Waals surface area contributed by atoms with Crippen LogP contribution in [-0.4, -0.2) is 22.2 Å². The van der Waals surface area contributed by atoms with Crippen LogP contribution < -0.4 is 10.9 Å². The van der Waals surface area contributed by atoms with Gasteiger partial charge in [-0.15, -0.1) is 0 Å². The lowest BCUT2D eigenvalue weighted by Crippen LogP contribution is -2.34. The van der Waals surface area contributed by atoms with Crippen molar-refractivity contribution in [2.75, 3.05) is 6.54 Å². The summed E-state index contributed by atoms with van der Waals surface area (Å²) in [7, 11) is 0. The predicted molar refractivity (Wildman–Crippen MR) is 109 cm³/mol. The first kappa shape index (κ1) is 18.2. The highest BCUT2D eigenvalue weighted by atomic mass is 32.1. The van der Waals surface area contributed by atoms with E-state index in [-0.39, 0.29) is 11.6 Å². The van der Waals surface area contributed by atoms with Crippen molar-refractivity contribution < 1.29 is 9.21 Å². The van der Waals surface area contributed by atoms with Gasteiger partial charge in [0.2, 0.25) is 0 Å². The maximum absolute atomic E-state index is 12.7. The number of nitrogens with zero attached hydrogens (tertiary/aromatic N) is 2. The number of amides is 1. The number of aryl methyl sites for hydroxylation is 2. The van der Waals surface area contributed by atoms with E-state index in [2.05, 4.69) is 10.4 Å². The number of rotatable bonds is 5. The summed E-state index contributed by atoms with van der Waals surface area (Å²) < 4.78 is 7.17. The molecule has 0 aliphatic carbocycles. The van der Waals surface area contributed by atoms with E-state index in [1.165, 1.54) is 0 Å². The van der Waals surface area contributed by atoms with Crippen LogP contribution >= 0.6 is 11.3 Å². The average molecular weight is 393 g/mol. The Hall–Kier alpha value is -3.19. The van der Waals surface area contributed by atoms with E-state index in [0.29, 0.717) is 17.5 Å². The van der Waals surface area contributed by atoms with Crippen molar-refractivity contribution in [2.24, 2.45) is 0 Å². The number of carbonyl (C=O) groups is 1. The number of aromatic nitrogens is 2. The Bertz CT molecular complexity index is 1190. The summed E-state index contributed by atoms with van der Waals surface area (Å²) in [6.07, 6.45) is 0. The quantitative estimate of drug-likeness (QED) is 0.525. The topological polar surface area (TPSA) is 77.1 Å². The summed E-state index contributed by atoms with van der Waals surface area (Å²) >= 11 is 1.59. The summed E-state index contributed by atoms with van der Waals surface area (Å²) in [5, 5.41) is 12.2. The summed E-state index contributed by atoms with van der Waals surface area (Å²) in [6.45, 7) is 4.23. The van der Waals surface area contributed by atoms with Gasteiger partial charge in [-0.25, -0.2) is 4.79 Å². The predicted octanol–water partition coefficient (Wildman–Crippen LogP) is 3.69. The Balaban J connectivity index is 1.61. The third-order valence-corrected chi connectivity index (χ3v) is 5.31. The third kappa shape index (κ3) is 3.48. The van der Waals surface area contributed by atoms with Crippen LogP contribution in [0.4, 0.5) is 0 Å². The second-order valence-corrected chi connectivity index (χ2v) is 7.42. The van der Waals surface area contributed by atoms with Crippen molar-refractivity contribution in [1.29, 1.82) is 0 Å². The molecule has 3 heterocycles. The van der Waals surface area contributed by atoms with E-state index in [0.717, 1.165) is 17.0 Å². The third-order valence-electron chi connectivity index (χ3n) is 4.61. The molecule has 0 radical (unpaired) electrons. The van der Waals surface area contributed by atoms with Gasteiger partial charge in [0.05, 0.1) is 11.7 Å². The van der Waals surface area contributed by atoms with Crippen LogP contribution in [0.25, 0.3) is 11.0 Å². The molecule has 0 saturated heterocycles. The van der Waals surface area contributed by atoms with Gasteiger partial charge in [-0.3, -0.25) is 9.48 Å². The van der Waals surface area contributed by atoms with Crippen molar-refractivity contribution in [3.05, 3.63) is 86.2 Å². The summed E-state index contributed by atoms with van der Waals surface area (Å²) in [5.41, 5.74) is 2.79. The van der Waals surface area contributed by atoms with Gasteiger partial charge in [-0.05, 0) is 54.4 Å². The van der Waals surface area contributed by atoms with Crippen LogP contribution in [-0.2, 0) is 0 Å². The van der Waals surface area contributed by atoms with Crippen LogP contribution in [0.5, 0.6) is 0 Å². The Morgan fingerprint density at radius 1 is 1.25 bits per heavy atom. The van der Waals surface area contributed by atoms with E-state index in [4.69, 9.17) is 4.42 Å². The zero-order valence-electron chi connectivity index (χ0n) is 15.5. The lowest BCUT2D eigenvalue weighted by molar-refractivity contribution is 0.0945. The van der Waals surface area contributed by atoms with Gasteiger partial charge < -0.3 is 9.73 Å². The molecule has 0 unspecified atom stereocenters. The maximum atomic E-state index is 12.7. The van der Waals surface area contributed by atoms with Crippen LogP contribution in [0.3, 0.4) is 0 Å². The van der Waals surface area contributed by atoms with E-state index in [9.17, 15) is 9.59 Å². The van der Waals surface area contributed by atoms with Crippen molar-refractivity contribution in [3.8, 4) is 0 Å². The molecule has 3 aromatic heterocycles. The van der Waals surface area contributed by atoms with Gasteiger partial charge in [0.25, 0.3) is 5.91 Å².